The van der Waals surface area contributed by atoms with Gasteiger partial charge in [0.1, 0.15) is 11.3 Å². The molecule has 2 N–H and O–H groups in total. The molecule has 2 aliphatic rings. The molecular weight excluding hydrogens is 567 g/mol. The van der Waals surface area contributed by atoms with Gasteiger partial charge in [-0.15, -0.1) is 11.3 Å². The van der Waals surface area contributed by atoms with Crippen molar-refractivity contribution < 1.29 is 32.7 Å². The molecule has 0 saturated carbocycles. The Bertz CT molecular complexity index is 1600. The number of carbonyl (C=O) groups is 1. The van der Waals surface area contributed by atoms with Gasteiger partial charge >= 0.3 is 12.1 Å². The molecule has 1 saturated heterocycles. The molecule has 11 heteroatoms. The predicted molar refractivity (Wildman–Crippen MR) is 152 cm³/mol. The van der Waals surface area contributed by atoms with Crippen molar-refractivity contribution in [1.29, 1.82) is 0 Å². The van der Waals surface area contributed by atoms with Gasteiger partial charge in [-0.2, -0.15) is 13.2 Å². The van der Waals surface area contributed by atoms with E-state index in [1.54, 1.807) is 30.3 Å². The van der Waals surface area contributed by atoms with Crippen LogP contribution in [0.2, 0.25) is 0 Å². The number of thiazole rings is 1. The summed E-state index contributed by atoms with van der Waals surface area (Å²) in [6.45, 7) is 3.06. The van der Waals surface area contributed by atoms with Crippen LogP contribution in [-0.4, -0.2) is 50.4 Å². The maximum atomic E-state index is 14.3. The number of aryl methyl sites for hydroxylation is 2. The zero-order valence-corrected chi connectivity index (χ0v) is 23.7. The fraction of sp³-hybridized carbons (Fsp3) is 0.387. The molecule has 4 aromatic rings. The zero-order chi connectivity index (χ0) is 29.6. The Kier molecular flexibility index (Phi) is 7.67. The Labute approximate surface area is 244 Å². The van der Waals surface area contributed by atoms with Gasteiger partial charge in [-0.05, 0) is 55.3 Å². The summed E-state index contributed by atoms with van der Waals surface area (Å²) in [4.78, 5) is 19.2. The van der Waals surface area contributed by atoms with E-state index in [2.05, 4.69) is 15.0 Å². The van der Waals surface area contributed by atoms with Crippen LogP contribution in [-0.2, 0) is 23.8 Å². The first-order valence-corrected chi connectivity index (χ1v) is 14.9. The minimum Gasteiger partial charge on any atom is -0.481 e. The van der Waals surface area contributed by atoms with Crippen molar-refractivity contribution in [2.24, 2.45) is 5.92 Å². The first-order valence-electron chi connectivity index (χ1n) is 14.1. The Hall–Kier alpha value is -3.54. The van der Waals surface area contributed by atoms with Crippen LogP contribution in [0.25, 0.3) is 32.5 Å². The van der Waals surface area contributed by atoms with Crippen molar-refractivity contribution in [2.75, 3.05) is 13.1 Å². The topological polar surface area (TPSA) is 99.7 Å². The number of β-amino-alcohol motifs (C(OH)–C–C–N with tert-alkyl or cyclic N) is 1. The Morgan fingerprint density at radius 2 is 1.98 bits per heavy atom. The summed E-state index contributed by atoms with van der Waals surface area (Å²) in [5, 5.41) is 24.7. The number of carboxylic acid groups (broad SMARTS) is 1. The number of aliphatic hydroxyl groups excluding tert-OH is 1. The number of benzene rings is 2. The molecule has 2 aromatic carbocycles. The van der Waals surface area contributed by atoms with Crippen molar-refractivity contribution in [3.8, 4) is 32.5 Å². The fourth-order valence-corrected chi connectivity index (χ4v) is 7.49. The number of hydrogen-bond acceptors (Lipinski definition) is 7. The molecule has 42 heavy (non-hydrogen) atoms. The van der Waals surface area contributed by atoms with Gasteiger partial charge in [0.05, 0.1) is 22.6 Å². The number of alkyl halides is 3. The highest BCUT2D eigenvalue weighted by molar-refractivity contribution is 7.18. The highest BCUT2D eigenvalue weighted by atomic mass is 32.1. The van der Waals surface area contributed by atoms with Crippen LogP contribution in [0, 0.1) is 5.92 Å². The average Bonchev–Trinajstić information content (AvgIpc) is 3.62. The number of likely N-dealkylation sites (tertiary alicyclic amines) is 1. The zero-order valence-electron chi connectivity index (χ0n) is 22.9. The van der Waals surface area contributed by atoms with Crippen LogP contribution in [0.15, 0.2) is 53.1 Å². The molecule has 0 radical (unpaired) electrons. The maximum absolute atomic E-state index is 14.3. The Morgan fingerprint density at radius 3 is 2.69 bits per heavy atom. The lowest BCUT2D eigenvalue weighted by molar-refractivity contribution is -0.146. The molecule has 3 heterocycles. The standard InChI is InChI=1S/C31H30F3N3O4S/c1-2-23-21(30(39)40)9-6-14-37(23)16-24(38)19-10-12-20-18(15-19)11-13-22-28(20)42-29(35-22)27-25(31(32,33)34)26(36-41-27)17-7-4-3-5-8-17/h3-5,7-8,10,12,15,21,23-24,38H,2,6,9,11,13-14,16H2,1H3,(H,39,40)/t21-,23?,24?/m0/s1. The molecule has 0 spiro atoms. The van der Waals surface area contributed by atoms with E-state index in [-0.39, 0.29) is 22.5 Å². The normalized spacial score (nSPS) is 19.7. The first kappa shape index (κ1) is 28.6. The molecule has 2 unspecified atom stereocenters. The second kappa shape index (κ2) is 11.3. The van der Waals surface area contributed by atoms with Crippen molar-refractivity contribution >= 4 is 17.3 Å². The second-order valence-corrected chi connectivity index (χ2v) is 11.9. The third-order valence-electron chi connectivity index (χ3n) is 8.34. The quantitative estimate of drug-likeness (QED) is 0.240. The summed E-state index contributed by atoms with van der Waals surface area (Å²) < 4.78 is 48.1. The van der Waals surface area contributed by atoms with E-state index in [0.717, 1.165) is 45.9 Å². The van der Waals surface area contributed by atoms with Crippen molar-refractivity contribution in [1.82, 2.24) is 15.0 Å². The van der Waals surface area contributed by atoms with Gasteiger partial charge in [-0.25, -0.2) is 4.98 Å². The molecule has 2 aromatic heterocycles. The predicted octanol–water partition coefficient (Wildman–Crippen LogP) is 6.86. The number of nitrogens with zero attached hydrogens (tertiary/aromatic N) is 3. The molecule has 3 atom stereocenters. The van der Waals surface area contributed by atoms with E-state index in [1.807, 2.05) is 25.1 Å². The summed E-state index contributed by atoms with van der Waals surface area (Å²) in [5.74, 6) is -1.62. The SMILES string of the molecule is CCC1[C@@H](C(=O)O)CCCN1CC(O)c1ccc2c(c1)CCc1nc(-c3onc(-c4ccccc4)c3C(F)(F)F)sc1-2. The second-order valence-electron chi connectivity index (χ2n) is 10.9. The van der Waals surface area contributed by atoms with Gasteiger partial charge in [0, 0.05) is 18.2 Å². The van der Waals surface area contributed by atoms with E-state index in [4.69, 9.17) is 4.52 Å². The minimum atomic E-state index is -4.69. The molecule has 1 aliphatic heterocycles. The number of aromatic nitrogens is 2. The largest absolute Gasteiger partial charge is 0.481 e. The average molecular weight is 598 g/mol. The van der Waals surface area contributed by atoms with Gasteiger partial charge in [-0.1, -0.05) is 60.6 Å². The van der Waals surface area contributed by atoms with Gasteiger partial charge in [0.15, 0.2) is 5.01 Å². The number of fused-ring (bicyclic) bond motifs is 3. The van der Waals surface area contributed by atoms with E-state index in [1.165, 1.54) is 0 Å². The summed E-state index contributed by atoms with van der Waals surface area (Å²) in [6, 6.07) is 13.7. The highest BCUT2D eigenvalue weighted by Gasteiger charge is 2.42. The molecule has 6 rings (SSSR count). The van der Waals surface area contributed by atoms with E-state index >= 15 is 0 Å². The molecular formula is C31H30F3N3O4S. The van der Waals surface area contributed by atoms with Crippen LogP contribution < -0.4 is 0 Å². The van der Waals surface area contributed by atoms with Crippen LogP contribution in [0.5, 0.6) is 0 Å². The molecule has 1 aliphatic carbocycles. The summed E-state index contributed by atoms with van der Waals surface area (Å²) in [6.07, 6.45) is -2.20. The minimum absolute atomic E-state index is 0.123. The monoisotopic (exact) mass is 597 g/mol. The lowest BCUT2D eigenvalue weighted by atomic mass is 9.86. The molecule has 0 amide bonds. The van der Waals surface area contributed by atoms with Crippen LogP contribution in [0.1, 0.15) is 54.7 Å². The van der Waals surface area contributed by atoms with Gasteiger partial charge in [0.25, 0.3) is 0 Å². The smallest absolute Gasteiger partial charge is 0.422 e. The van der Waals surface area contributed by atoms with Crippen molar-refractivity contribution in [2.45, 2.75) is 57.3 Å². The lowest BCUT2D eigenvalue weighted by Gasteiger charge is -2.40. The number of rotatable bonds is 7. The number of hydrogen-bond donors (Lipinski definition) is 2. The van der Waals surface area contributed by atoms with Crippen LogP contribution >= 0.6 is 11.3 Å². The Morgan fingerprint density at radius 1 is 1.19 bits per heavy atom. The van der Waals surface area contributed by atoms with E-state index in [0.29, 0.717) is 43.5 Å². The van der Waals surface area contributed by atoms with E-state index in [9.17, 15) is 28.2 Å². The number of aliphatic carboxylic acids is 1. The Balaban J connectivity index is 1.28. The number of aliphatic hydroxyl groups is 1. The summed E-state index contributed by atoms with van der Waals surface area (Å²) >= 11 is 1.15. The number of piperidine rings is 1. The summed E-state index contributed by atoms with van der Waals surface area (Å²) in [7, 11) is 0. The number of halogens is 3. The van der Waals surface area contributed by atoms with Crippen LogP contribution in [0.3, 0.4) is 0 Å². The third-order valence-corrected chi connectivity index (χ3v) is 9.47. The first-order chi connectivity index (χ1) is 20.2. The molecule has 7 nitrogen and oxygen atoms in total. The third kappa shape index (κ3) is 5.25. The van der Waals surface area contributed by atoms with Crippen molar-refractivity contribution in [3.05, 3.63) is 70.9 Å². The number of carboxylic acids is 1. The maximum Gasteiger partial charge on any atom is 0.422 e. The van der Waals surface area contributed by atoms with Gasteiger partial charge in [-0.3, -0.25) is 9.69 Å². The van der Waals surface area contributed by atoms with Crippen molar-refractivity contribution in [3.63, 3.8) is 0 Å². The van der Waals surface area contributed by atoms with E-state index < -0.39 is 29.7 Å². The molecule has 0 bridgehead atoms. The fourth-order valence-electron chi connectivity index (χ4n) is 6.34. The summed E-state index contributed by atoms with van der Waals surface area (Å²) in [5.41, 5.74) is 2.41. The van der Waals surface area contributed by atoms with Gasteiger partial charge in [0.2, 0.25) is 5.76 Å². The van der Waals surface area contributed by atoms with Gasteiger partial charge < -0.3 is 14.7 Å². The van der Waals surface area contributed by atoms with Crippen LogP contribution in [0.4, 0.5) is 13.2 Å². The highest BCUT2D eigenvalue weighted by Crippen LogP contribution is 2.47. The lowest BCUT2D eigenvalue weighted by Crippen LogP contribution is -2.49. The molecule has 220 valence electrons. The molecule has 1 fully saturated rings.